The second-order valence-electron chi connectivity index (χ2n) is 8.47. The minimum Gasteiger partial charge on any atom is -0.325 e. The third-order valence-corrected chi connectivity index (χ3v) is 7.05. The molecule has 5 rings (SSSR count). The van der Waals surface area contributed by atoms with Crippen LogP contribution in [0, 0.1) is 34.5 Å². The van der Waals surface area contributed by atoms with Gasteiger partial charge in [-0.3, -0.25) is 4.79 Å². The smallest absolute Gasteiger partial charge is 0.241 e. The van der Waals surface area contributed by atoms with Gasteiger partial charge in [0.1, 0.15) is 6.54 Å². The molecule has 0 saturated heterocycles. The second-order valence-corrected chi connectivity index (χ2v) is 8.47. The van der Waals surface area contributed by atoms with Crippen molar-refractivity contribution in [1.82, 2.24) is 4.90 Å². The Hall–Kier alpha value is -1.08. The highest BCUT2D eigenvalue weighted by Crippen LogP contribution is 2.61. The molecule has 120 valence electrons. The first-order chi connectivity index (χ1) is 10.6. The Morgan fingerprint density at radius 1 is 1.18 bits per heavy atom. The van der Waals surface area contributed by atoms with Gasteiger partial charge in [-0.15, -0.1) is 0 Å². The number of hydrogen-bond donors (Lipinski definition) is 1. The van der Waals surface area contributed by atoms with Crippen molar-refractivity contribution in [3.63, 3.8) is 0 Å². The van der Waals surface area contributed by atoms with Gasteiger partial charge in [0.05, 0.1) is 12.1 Å². The van der Waals surface area contributed by atoms with Crippen molar-refractivity contribution >= 4 is 5.91 Å². The van der Waals surface area contributed by atoms with Crippen LogP contribution < -0.4 is 5.73 Å². The molecule has 0 radical (unpaired) electrons. The molecule has 5 aliphatic rings. The standard InChI is InChI=1S/C18H27N3O/c19-4-5-21(15-2-1-3-15)17(22)16(20)18-9-12-6-13(10-18)8-14(7-12)11-18/h12-16H,1-3,5-11,20H2/t12?,13?,14?,16-,18?/m1/s1. The SMILES string of the molecule is N#CCN(C(=O)[C@@H](N)C12CC3CC(CC(C3)C1)C2)C1CCC1. The second kappa shape index (κ2) is 5.23. The number of hydrogen-bond acceptors (Lipinski definition) is 3. The molecule has 5 aliphatic carbocycles. The average Bonchev–Trinajstić information content (AvgIpc) is 2.42. The molecule has 2 N–H and O–H groups in total. The van der Waals surface area contributed by atoms with E-state index in [4.69, 9.17) is 11.0 Å². The van der Waals surface area contributed by atoms with Gasteiger partial charge < -0.3 is 10.6 Å². The number of nitrogens with two attached hydrogens (primary N) is 1. The summed E-state index contributed by atoms with van der Waals surface area (Å²) < 4.78 is 0. The summed E-state index contributed by atoms with van der Waals surface area (Å²) >= 11 is 0. The maximum atomic E-state index is 13.0. The lowest BCUT2D eigenvalue weighted by Gasteiger charge is -2.59. The zero-order valence-corrected chi connectivity index (χ0v) is 13.3. The van der Waals surface area contributed by atoms with Gasteiger partial charge in [-0.05, 0) is 81.0 Å². The minimum absolute atomic E-state index is 0.0449. The largest absolute Gasteiger partial charge is 0.325 e. The van der Waals surface area contributed by atoms with Crippen LogP contribution in [0.2, 0.25) is 0 Å². The summed E-state index contributed by atoms with van der Waals surface area (Å²) in [4.78, 5) is 14.8. The van der Waals surface area contributed by atoms with Crippen LogP contribution in [-0.4, -0.2) is 29.4 Å². The van der Waals surface area contributed by atoms with Crippen molar-refractivity contribution in [3.05, 3.63) is 0 Å². The van der Waals surface area contributed by atoms with Crippen LogP contribution in [0.4, 0.5) is 0 Å². The quantitative estimate of drug-likeness (QED) is 0.811. The molecule has 0 spiro atoms. The maximum absolute atomic E-state index is 13.0. The van der Waals surface area contributed by atoms with E-state index in [2.05, 4.69) is 6.07 Å². The highest BCUT2D eigenvalue weighted by Gasteiger charge is 2.55. The zero-order chi connectivity index (χ0) is 15.3. The third-order valence-electron chi connectivity index (χ3n) is 7.05. The Morgan fingerprint density at radius 2 is 1.73 bits per heavy atom. The van der Waals surface area contributed by atoms with Gasteiger partial charge in [-0.25, -0.2) is 0 Å². The molecule has 0 heterocycles. The predicted octanol–water partition coefficient (Wildman–Crippen LogP) is 2.43. The van der Waals surface area contributed by atoms with E-state index in [0.717, 1.165) is 49.9 Å². The van der Waals surface area contributed by atoms with E-state index in [9.17, 15) is 4.79 Å². The summed E-state index contributed by atoms with van der Waals surface area (Å²) in [6.45, 7) is 0.212. The topological polar surface area (TPSA) is 70.1 Å². The molecule has 1 atom stereocenters. The molecule has 22 heavy (non-hydrogen) atoms. The fourth-order valence-electron chi connectivity index (χ4n) is 6.16. The first kappa shape index (κ1) is 14.5. The molecule has 5 fully saturated rings. The molecule has 0 aromatic carbocycles. The van der Waals surface area contributed by atoms with Gasteiger partial charge in [0.2, 0.25) is 5.91 Å². The number of carbonyl (C=O) groups is 1. The number of nitriles is 1. The molecule has 4 bridgehead atoms. The molecule has 4 heteroatoms. The number of amides is 1. The molecular formula is C18H27N3O. The lowest BCUT2D eigenvalue weighted by Crippen LogP contribution is -2.61. The molecule has 1 amide bonds. The van der Waals surface area contributed by atoms with Crippen molar-refractivity contribution in [2.24, 2.45) is 28.9 Å². The van der Waals surface area contributed by atoms with Crippen molar-refractivity contribution in [3.8, 4) is 6.07 Å². The van der Waals surface area contributed by atoms with E-state index < -0.39 is 0 Å². The lowest BCUT2D eigenvalue weighted by atomic mass is 9.47. The summed E-state index contributed by atoms with van der Waals surface area (Å²) in [5, 5.41) is 9.09. The summed E-state index contributed by atoms with van der Waals surface area (Å²) in [7, 11) is 0. The first-order valence-electron chi connectivity index (χ1n) is 9.04. The van der Waals surface area contributed by atoms with Gasteiger partial charge in [-0.2, -0.15) is 5.26 Å². The van der Waals surface area contributed by atoms with Crippen LogP contribution in [0.3, 0.4) is 0 Å². The highest BCUT2D eigenvalue weighted by atomic mass is 16.2. The monoisotopic (exact) mass is 301 g/mol. The van der Waals surface area contributed by atoms with Gasteiger partial charge in [0.15, 0.2) is 0 Å². The van der Waals surface area contributed by atoms with Crippen molar-refractivity contribution in [2.75, 3.05) is 6.54 Å². The van der Waals surface area contributed by atoms with Crippen LogP contribution in [0.5, 0.6) is 0 Å². The van der Waals surface area contributed by atoms with E-state index in [1.807, 2.05) is 0 Å². The maximum Gasteiger partial charge on any atom is 0.241 e. The van der Waals surface area contributed by atoms with Gasteiger partial charge in [-0.1, -0.05) is 0 Å². The van der Waals surface area contributed by atoms with Crippen molar-refractivity contribution < 1.29 is 4.79 Å². The van der Waals surface area contributed by atoms with Crippen molar-refractivity contribution in [2.45, 2.75) is 69.9 Å². The van der Waals surface area contributed by atoms with E-state index in [-0.39, 0.29) is 30.0 Å². The Kier molecular flexibility index (Phi) is 3.45. The average molecular weight is 301 g/mol. The Bertz CT molecular complexity index is 470. The number of carbonyl (C=O) groups excluding carboxylic acids is 1. The van der Waals surface area contributed by atoms with E-state index in [1.54, 1.807) is 4.90 Å². The number of rotatable bonds is 4. The predicted molar refractivity (Wildman–Crippen MR) is 83.5 cm³/mol. The normalized spacial score (nSPS) is 40.8. The zero-order valence-electron chi connectivity index (χ0n) is 13.3. The molecule has 0 unspecified atom stereocenters. The minimum atomic E-state index is -0.380. The van der Waals surface area contributed by atoms with Gasteiger partial charge >= 0.3 is 0 Å². The van der Waals surface area contributed by atoms with Crippen LogP contribution in [0.25, 0.3) is 0 Å². The molecule has 0 aliphatic heterocycles. The highest BCUT2D eigenvalue weighted by molar-refractivity contribution is 5.83. The molecule has 0 aromatic heterocycles. The fraction of sp³-hybridized carbons (Fsp3) is 0.889. The Balaban J connectivity index is 1.54. The summed E-state index contributed by atoms with van der Waals surface area (Å²) in [5.41, 5.74) is 6.61. The molecular weight excluding hydrogens is 274 g/mol. The number of nitrogens with zero attached hydrogens (tertiary/aromatic N) is 2. The summed E-state index contributed by atoms with van der Waals surface area (Å²) in [5.74, 6) is 2.47. The first-order valence-corrected chi connectivity index (χ1v) is 9.04. The van der Waals surface area contributed by atoms with E-state index in [1.165, 1.54) is 25.7 Å². The van der Waals surface area contributed by atoms with Gasteiger partial charge in [0.25, 0.3) is 0 Å². The lowest BCUT2D eigenvalue weighted by molar-refractivity contribution is -0.146. The Morgan fingerprint density at radius 3 is 2.14 bits per heavy atom. The van der Waals surface area contributed by atoms with Crippen LogP contribution in [0.15, 0.2) is 0 Å². The van der Waals surface area contributed by atoms with Crippen LogP contribution in [-0.2, 0) is 4.79 Å². The van der Waals surface area contributed by atoms with E-state index >= 15 is 0 Å². The Labute approximate surface area is 133 Å². The van der Waals surface area contributed by atoms with Crippen LogP contribution >= 0.6 is 0 Å². The van der Waals surface area contributed by atoms with Crippen molar-refractivity contribution in [1.29, 1.82) is 5.26 Å². The summed E-state index contributed by atoms with van der Waals surface area (Å²) in [6.07, 6.45) is 10.8. The molecule has 4 nitrogen and oxygen atoms in total. The van der Waals surface area contributed by atoms with Gasteiger partial charge in [0, 0.05) is 6.04 Å². The summed E-state index contributed by atoms with van der Waals surface area (Å²) in [6, 6.07) is 2.07. The fourth-order valence-corrected chi connectivity index (χ4v) is 6.16. The third kappa shape index (κ3) is 2.17. The molecule has 0 aromatic rings. The van der Waals surface area contributed by atoms with E-state index in [0.29, 0.717) is 0 Å². The molecule has 5 saturated carbocycles. The van der Waals surface area contributed by atoms with Crippen LogP contribution in [0.1, 0.15) is 57.8 Å².